The molecule has 0 saturated carbocycles. The van der Waals surface area contributed by atoms with Crippen LogP contribution in [0.5, 0.6) is 0 Å². The fraction of sp³-hybridized carbons (Fsp3) is 0.429. The summed E-state index contributed by atoms with van der Waals surface area (Å²) in [4.78, 5) is 23.2. The molecule has 116 valence electrons. The first-order chi connectivity index (χ1) is 9.36. The van der Waals surface area contributed by atoms with Crippen molar-refractivity contribution in [3.8, 4) is 0 Å². The molecule has 0 heterocycles. The van der Waals surface area contributed by atoms with E-state index in [0.29, 0.717) is 12.1 Å². The van der Waals surface area contributed by atoms with Gasteiger partial charge in [-0.1, -0.05) is 0 Å². The molecule has 1 rings (SSSR count). The first-order valence-corrected chi connectivity index (χ1v) is 6.14. The summed E-state index contributed by atoms with van der Waals surface area (Å²) >= 11 is 0. The van der Waals surface area contributed by atoms with Gasteiger partial charge in [-0.05, 0) is 39.8 Å². The number of carboxylic acid groups (broad SMARTS) is 1. The van der Waals surface area contributed by atoms with E-state index in [4.69, 9.17) is 5.11 Å². The maximum Gasteiger partial charge on any atom is 0.336 e. The average molecular weight is 301 g/mol. The fourth-order valence-electron chi connectivity index (χ4n) is 1.42. The predicted molar refractivity (Wildman–Crippen MR) is 71.2 cm³/mol. The zero-order valence-electron chi connectivity index (χ0n) is 12.1. The number of amides is 1. The van der Waals surface area contributed by atoms with Gasteiger partial charge in [0.25, 0.3) is 5.91 Å². The van der Waals surface area contributed by atoms with Gasteiger partial charge in [0.2, 0.25) is 0 Å². The van der Waals surface area contributed by atoms with Crippen LogP contribution in [0.15, 0.2) is 12.1 Å². The predicted octanol–water partition coefficient (Wildman–Crippen LogP) is 1.94. The average Bonchev–Trinajstić information content (AvgIpc) is 2.29. The SMILES string of the molecule is CC(C)(O)C(C)(C)NC(=O)c1cc(F)c(F)cc1C(=O)O. The Bertz CT molecular complexity index is 591. The molecule has 1 aromatic carbocycles. The Labute approximate surface area is 120 Å². The smallest absolute Gasteiger partial charge is 0.336 e. The van der Waals surface area contributed by atoms with Crippen LogP contribution in [0.1, 0.15) is 48.4 Å². The molecule has 0 aliphatic heterocycles. The number of rotatable bonds is 4. The lowest BCUT2D eigenvalue weighted by atomic mass is 9.85. The third kappa shape index (κ3) is 3.55. The van der Waals surface area contributed by atoms with Crippen LogP contribution in [0.4, 0.5) is 8.78 Å². The summed E-state index contributed by atoms with van der Waals surface area (Å²) in [5.41, 5.74) is -3.60. The molecule has 21 heavy (non-hydrogen) atoms. The van der Waals surface area contributed by atoms with Crippen molar-refractivity contribution in [1.82, 2.24) is 5.32 Å². The lowest BCUT2D eigenvalue weighted by molar-refractivity contribution is -0.00295. The van der Waals surface area contributed by atoms with Crippen molar-refractivity contribution in [1.29, 1.82) is 0 Å². The van der Waals surface area contributed by atoms with Crippen molar-refractivity contribution < 1.29 is 28.6 Å². The minimum Gasteiger partial charge on any atom is -0.478 e. The van der Waals surface area contributed by atoms with E-state index in [9.17, 15) is 23.5 Å². The van der Waals surface area contributed by atoms with Crippen LogP contribution in [0.2, 0.25) is 0 Å². The van der Waals surface area contributed by atoms with E-state index in [0.717, 1.165) is 0 Å². The topological polar surface area (TPSA) is 86.6 Å². The van der Waals surface area contributed by atoms with Gasteiger partial charge in [-0.2, -0.15) is 0 Å². The second-order valence-corrected chi connectivity index (χ2v) is 5.76. The summed E-state index contributed by atoms with van der Waals surface area (Å²) in [6.45, 7) is 5.95. The van der Waals surface area contributed by atoms with E-state index >= 15 is 0 Å². The molecule has 7 heteroatoms. The zero-order chi connectivity index (χ0) is 16.6. The highest BCUT2D eigenvalue weighted by Crippen LogP contribution is 2.22. The number of hydrogen-bond donors (Lipinski definition) is 3. The Kier molecular flexibility index (Phi) is 4.38. The molecule has 0 atom stereocenters. The van der Waals surface area contributed by atoms with Crippen LogP contribution in [0.25, 0.3) is 0 Å². The van der Waals surface area contributed by atoms with E-state index in [1.165, 1.54) is 27.7 Å². The van der Waals surface area contributed by atoms with E-state index in [1.54, 1.807) is 0 Å². The molecule has 5 nitrogen and oxygen atoms in total. The second kappa shape index (κ2) is 5.40. The normalized spacial score (nSPS) is 12.1. The summed E-state index contributed by atoms with van der Waals surface area (Å²) in [7, 11) is 0. The van der Waals surface area contributed by atoms with Crippen LogP contribution < -0.4 is 5.32 Å². The van der Waals surface area contributed by atoms with Gasteiger partial charge in [-0.15, -0.1) is 0 Å². The molecular formula is C14H17F2NO4. The standard InChI is InChI=1S/C14H17F2NO4/c1-13(2,14(3,4)21)17-11(18)7-5-9(15)10(16)6-8(7)12(19)20/h5-6,21H,1-4H3,(H,17,18)(H,19,20). The van der Waals surface area contributed by atoms with E-state index in [-0.39, 0.29) is 0 Å². The molecule has 0 aliphatic carbocycles. The highest BCUT2D eigenvalue weighted by atomic mass is 19.2. The number of halogens is 2. The zero-order valence-corrected chi connectivity index (χ0v) is 12.1. The van der Waals surface area contributed by atoms with Gasteiger partial charge >= 0.3 is 5.97 Å². The Morgan fingerprint density at radius 2 is 1.48 bits per heavy atom. The summed E-state index contributed by atoms with van der Waals surface area (Å²) < 4.78 is 26.4. The molecule has 1 aromatic rings. The highest BCUT2D eigenvalue weighted by Gasteiger charge is 2.37. The number of hydrogen-bond acceptors (Lipinski definition) is 3. The number of carboxylic acids is 1. The third-order valence-corrected chi connectivity index (χ3v) is 3.49. The minimum atomic E-state index is -1.56. The van der Waals surface area contributed by atoms with Crippen molar-refractivity contribution >= 4 is 11.9 Å². The number of nitrogens with one attached hydrogen (secondary N) is 1. The van der Waals surface area contributed by atoms with Crippen LogP contribution in [0.3, 0.4) is 0 Å². The molecule has 0 saturated heterocycles. The van der Waals surface area contributed by atoms with Crippen molar-refractivity contribution in [2.24, 2.45) is 0 Å². The van der Waals surface area contributed by atoms with E-state index in [1.807, 2.05) is 0 Å². The molecule has 3 N–H and O–H groups in total. The number of aliphatic hydroxyl groups is 1. The summed E-state index contributed by atoms with van der Waals surface area (Å²) in [6, 6.07) is 0.970. The maximum absolute atomic E-state index is 13.3. The number of carbonyl (C=O) groups excluding carboxylic acids is 1. The lowest BCUT2D eigenvalue weighted by Gasteiger charge is -2.38. The fourth-order valence-corrected chi connectivity index (χ4v) is 1.42. The third-order valence-electron chi connectivity index (χ3n) is 3.49. The first kappa shape index (κ1) is 17.0. The Morgan fingerprint density at radius 3 is 1.86 bits per heavy atom. The van der Waals surface area contributed by atoms with Crippen LogP contribution in [-0.4, -0.2) is 33.2 Å². The number of aromatic carboxylic acids is 1. The molecule has 1 amide bonds. The summed E-state index contributed by atoms with van der Waals surface area (Å²) in [5, 5.41) is 21.3. The Morgan fingerprint density at radius 1 is 1.05 bits per heavy atom. The molecule has 0 unspecified atom stereocenters. The summed E-state index contributed by atoms with van der Waals surface area (Å²) in [6.07, 6.45) is 0. The molecule has 0 aliphatic rings. The molecule has 0 fully saturated rings. The lowest BCUT2D eigenvalue weighted by Crippen LogP contribution is -2.57. The number of benzene rings is 1. The quantitative estimate of drug-likeness (QED) is 0.793. The number of carbonyl (C=O) groups is 2. The maximum atomic E-state index is 13.3. The van der Waals surface area contributed by atoms with Gasteiger partial charge in [-0.25, -0.2) is 13.6 Å². The van der Waals surface area contributed by atoms with Crippen LogP contribution >= 0.6 is 0 Å². The van der Waals surface area contributed by atoms with Gasteiger partial charge in [0.1, 0.15) is 0 Å². The second-order valence-electron chi connectivity index (χ2n) is 5.76. The van der Waals surface area contributed by atoms with E-state index in [2.05, 4.69) is 5.32 Å². The summed E-state index contributed by atoms with van der Waals surface area (Å²) in [5.74, 6) is -5.16. The molecule has 0 spiro atoms. The Hall–Kier alpha value is -2.02. The Balaban J connectivity index is 3.25. The van der Waals surface area contributed by atoms with Crippen LogP contribution in [0, 0.1) is 11.6 Å². The molecular weight excluding hydrogens is 284 g/mol. The monoisotopic (exact) mass is 301 g/mol. The molecule has 0 bridgehead atoms. The highest BCUT2D eigenvalue weighted by molar-refractivity contribution is 6.05. The van der Waals surface area contributed by atoms with Gasteiger partial charge in [0, 0.05) is 0 Å². The van der Waals surface area contributed by atoms with Crippen molar-refractivity contribution in [2.45, 2.75) is 38.8 Å². The first-order valence-electron chi connectivity index (χ1n) is 6.14. The molecule has 0 aromatic heterocycles. The van der Waals surface area contributed by atoms with Gasteiger partial charge in [0.15, 0.2) is 11.6 Å². The van der Waals surface area contributed by atoms with Crippen molar-refractivity contribution in [3.05, 3.63) is 34.9 Å². The van der Waals surface area contributed by atoms with Gasteiger partial charge in [0.05, 0.1) is 22.3 Å². The van der Waals surface area contributed by atoms with Crippen molar-refractivity contribution in [3.63, 3.8) is 0 Å². The largest absolute Gasteiger partial charge is 0.478 e. The molecule has 0 radical (unpaired) electrons. The van der Waals surface area contributed by atoms with Gasteiger partial charge in [-0.3, -0.25) is 4.79 Å². The van der Waals surface area contributed by atoms with E-state index < -0.39 is 45.8 Å². The van der Waals surface area contributed by atoms with Crippen molar-refractivity contribution in [2.75, 3.05) is 0 Å². The minimum absolute atomic E-state index is 0.448. The van der Waals surface area contributed by atoms with Crippen LogP contribution in [-0.2, 0) is 0 Å². The van der Waals surface area contributed by atoms with Gasteiger partial charge < -0.3 is 15.5 Å².